The Hall–Kier alpha value is -0.460. The summed E-state index contributed by atoms with van der Waals surface area (Å²) in [5, 5.41) is 0. The van der Waals surface area contributed by atoms with Crippen molar-refractivity contribution in [1.82, 2.24) is 4.90 Å². The van der Waals surface area contributed by atoms with Gasteiger partial charge in [0.1, 0.15) is 0 Å². The summed E-state index contributed by atoms with van der Waals surface area (Å²) in [6.07, 6.45) is 3.78. The third-order valence-electron chi connectivity index (χ3n) is 3.03. The van der Waals surface area contributed by atoms with Crippen LogP contribution in [0.1, 0.15) is 40.0 Å². The first-order chi connectivity index (χ1) is 5.66. The van der Waals surface area contributed by atoms with Gasteiger partial charge in [-0.2, -0.15) is 0 Å². The van der Waals surface area contributed by atoms with E-state index in [0.717, 1.165) is 5.92 Å². The molecule has 0 aliphatic carbocycles. The van der Waals surface area contributed by atoms with Crippen LogP contribution in [-0.2, 0) is 0 Å². The lowest BCUT2D eigenvalue weighted by molar-refractivity contribution is 0.275. The van der Waals surface area contributed by atoms with Crippen molar-refractivity contribution < 1.29 is 0 Å². The predicted molar refractivity (Wildman–Crippen MR) is 54.0 cm³/mol. The van der Waals surface area contributed by atoms with Crippen molar-refractivity contribution in [2.24, 2.45) is 5.92 Å². The molecule has 0 radical (unpaired) electrons. The second kappa shape index (κ2) is 3.97. The molecule has 0 amide bonds. The Morgan fingerprint density at radius 1 is 1.50 bits per heavy atom. The molecule has 0 aromatic rings. The van der Waals surface area contributed by atoms with Gasteiger partial charge in [0.2, 0.25) is 0 Å². The van der Waals surface area contributed by atoms with Gasteiger partial charge in [-0.15, -0.1) is 0 Å². The molecular weight excluding hydrogens is 146 g/mol. The quantitative estimate of drug-likeness (QED) is 0.624. The summed E-state index contributed by atoms with van der Waals surface area (Å²) in [7, 11) is 0. The maximum atomic E-state index is 4.12. The Kier molecular flexibility index (Phi) is 3.19. The number of hydrogen-bond donors (Lipinski definition) is 0. The fraction of sp³-hybridized carbons (Fsp3) is 0.818. The highest BCUT2D eigenvalue weighted by Crippen LogP contribution is 2.30. The normalized spacial score (nSPS) is 29.9. The van der Waals surface area contributed by atoms with Gasteiger partial charge in [-0.3, -0.25) is 0 Å². The second-order valence-corrected chi connectivity index (χ2v) is 4.04. The van der Waals surface area contributed by atoms with Crippen LogP contribution in [0.4, 0.5) is 0 Å². The molecule has 1 saturated heterocycles. The van der Waals surface area contributed by atoms with Crippen LogP contribution in [-0.4, -0.2) is 17.5 Å². The van der Waals surface area contributed by atoms with Crippen LogP contribution in [0.3, 0.4) is 0 Å². The van der Waals surface area contributed by atoms with Crippen molar-refractivity contribution in [2.45, 2.75) is 46.1 Å². The Labute approximate surface area is 76.5 Å². The van der Waals surface area contributed by atoms with Gasteiger partial charge >= 0.3 is 0 Å². The molecule has 1 aliphatic heterocycles. The lowest BCUT2D eigenvalue weighted by atomic mass is 10.0. The zero-order valence-electron chi connectivity index (χ0n) is 8.64. The molecule has 2 atom stereocenters. The zero-order valence-corrected chi connectivity index (χ0v) is 8.64. The van der Waals surface area contributed by atoms with Crippen molar-refractivity contribution >= 4 is 0 Å². The highest BCUT2D eigenvalue weighted by atomic mass is 15.2. The Bertz CT molecular complexity index is 162. The van der Waals surface area contributed by atoms with Gasteiger partial charge in [0.05, 0.1) is 0 Å². The average Bonchev–Trinajstić information content (AvgIpc) is 2.25. The molecule has 0 saturated carbocycles. The van der Waals surface area contributed by atoms with Crippen molar-refractivity contribution in [3.8, 4) is 0 Å². The van der Waals surface area contributed by atoms with E-state index in [0.29, 0.717) is 6.04 Å². The van der Waals surface area contributed by atoms with Crippen molar-refractivity contribution in [3.05, 3.63) is 12.3 Å². The molecule has 1 heteroatoms. The lowest BCUT2D eigenvalue weighted by Gasteiger charge is -2.25. The number of likely N-dealkylation sites (tertiary alicyclic amines) is 1. The van der Waals surface area contributed by atoms with Crippen LogP contribution in [0.15, 0.2) is 12.3 Å². The molecule has 1 nitrogen and oxygen atoms in total. The molecule has 1 rings (SSSR count). The highest BCUT2D eigenvalue weighted by molar-refractivity contribution is 5.05. The van der Waals surface area contributed by atoms with E-state index < -0.39 is 0 Å². The van der Waals surface area contributed by atoms with Crippen molar-refractivity contribution in [2.75, 3.05) is 6.54 Å². The van der Waals surface area contributed by atoms with E-state index in [2.05, 4.69) is 32.3 Å². The minimum atomic E-state index is 0.712. The Morgan fingerprint density at radius 3 is 2.58 bits per heavy atom. The summed E-state index contributed by atoms with van der Waals surface area (Å²) in [5.41, 5.74) is 1.35. The van der Waals surface area contributed by atoms with E-state index in [1.54, 1.807) is 0 Å². The van der Waals surface area contributed by atoms with Gasteiger partial charge in [-0.1, -0.05) is 26.8 Å². The summed E-state index contributed by atoms with van der Waals surface area (Å²) in [6, 6.07) is 0.712. The fourth-order valence-electron chi connectivity index (χ4n) is 1.94. The molecule has 2 unspecified atom stereocenters. The number of allylic oxidation sites excluding steroid dienone is 1. The number of nitrogens with zero attached hydrogens (tertiary/aromatic N) is 1. The standard InChI is InChI=1S/C11H21N/c1-5-6-7-12-10(3)8-9(2)11(12)4/h9,11H,3,5-8H2,1-2,4H3. The van der Waals surface area contributed by atoms with Crippen molar-refractivity contribution in [1.29, 1.82) is 0 Å². The molecule has 0 N–H and O–H groups in total. The van der Waals surface area contributed by atoms with Crippen molar-refractivity contribution in [3.63, 3.8) is 0 Å². The first-order valence-corrected chi connectivity index (χ1v) is 5.11. The molecule has 0 spiro atoms. The molecule has 12 heavy (non-hydrogen) atoms. The summed E-state index contributed by atoms with van der Waals surface area (Å²) < 4.78 is 0. The van der Waals surface area contributed by atoms with E-state index in [9.17, 15) is 0 Å². The third-order valence-corrected chi connectivity index (χ3v) is 3.03. The summed E-state index contributed by atoms with van der Waals surface area (Å²) in [5.74, 6) is 0.800. The number of rotatable bonds is 3. The smallest absolute Gasteiger partial charge is 0.0287 e. The number of unbranched alkanes of at least 4 members (excludes halogenated alkanes) is 1. The van der Waals surface area contributed by atoms with Gasteiger partial charge in [-0.25, -0.2) is 0 Å². The number of hydrogen-bond acceptors (Lipinski definition) is 1. The van der Waals surface area contributed by atoms with Crippen LogP contribution in [0.25, 0.3) is 0 Å². The largest absolute Gasteiger partial charge is 0.372 e. The minimum absolute atomic E-state index is 0.712. The Morgan fingerprint density at radius 2 is 2.17 bits per heavy atom. The first-order valence-electron chi connectivity index (χ1n) is 5.11. The van der Waals surface area contributed by atoms with Gasteiger partial charge in [0, 0.05) is 18.3 Å². The summed E-state index contributed by atoms with van der Waals surface area (Å²) in [6.45, 7) is 12.2. The lowest BCUT2D eigenvalue weighted by Crippen LogP contribution is -2.28. The second-order valence-electron chi connectivity index (χ2n) is 4.04. The SMILES string of the molecule is C=C1CC(C)C(C)N1CCCC. The monoisotopic (exact) mass is 167 g/mol. The molecule has 1 fully saturated rings. The van der Waals surface area contributed by atoms with Crippen LogP contribution < -0.4 is 0 Å². The fourth-order valence-corrected chi connectivity index (χ4v) is 1.94. The minimum Gasteiger partial charge on any atom is -0.372 e. The maximum Gasteiger partial charge on any atom is 0.0287 e. The first kappa shape index (κ1) is 9.63. The molecule has 0 aromatic heterocycles. The zero-order chi connectivity index (χ0) is 9.14. The summed E-state index contributed by atoms with van der Waals surface area (Å²) in [4.78, 5) is 2.48. The molecule has 0 bridgehead atoms. The molecular formula is C11H21N. The van der Waals surface area contributed by atoms with Crippen LogP contribution in [0.2, 0.25) is 0 Å². The molecule has 0 aromatic carbocycles. The predicted octanol–water partition coefficient (Wildman–Crippen LogP) is 3.03. The topological polar surface area (TPSA) is 3.24 Å². The van der Waals surface area contributed by atoms with E-state index in [1.165, 1.54) is 31.5 Å². The Balaban J connectivity index is 2.46. The van der Waals surface area contributed by atoms with Crippen LogP contribution in [0.5, 0.6) is 0 Å². The average molecular weight is 167 g/mol. The van der Waals surface area contributed by atoms with E-state index in [1.807, 2.05) is 0 Å². The molecule has 1 aliphatic rings. The van der Waals surface area contributed by atoms with Crippen LogP contribution >= 0.6 is 0 Å². The van der Waals surface area contributed by atoms with E-state index >= 15 is 0 Å². The van der Waals surface area contributed by atoms with Gasteiger partial charge in [-0.05, 0) is 25.7 Å². The summed E-state index contributed by atoms with van der Waals surface area (Å²) >= 11 is 0. The van der Waals surface area contributed by atoms with Gasteiger partial charge in [0.15, 0.2) is 0 Å². The van der Waals surface area contributed by atoms with E-state index in [4.69, 9.17) is 0 Å². The van der Waals surface area contributed by atoms with Crippen LogP contribution in [0, 0.1) is 5.92 Å². The molecule has 1 heterocycles. The molecule has 70 valence electrons. The van der Waals surface area contributed by atoms with Gasteiger partial charge in [0.25, 0.3) is 0 Å². The van der Waals surface area contributed by atoms with E-state index in [-0.39, 0.29) is 0 Å². The maximum absolute atomic E-state index is 4.12. The highest BCUT2D eigenvalue weighted by Gasteiger charge is 2.28. The third kappa shape index (κ3) is 1.82. The van der Waals surface area contributed by atoms with Gasteiger partial charge < -0.3 is 4.90 Å².